The predicted octanol–water partition coefficient (Wildman–Crippen LogP) is 1.87. The maximum Gasteiger partial charge on any atom is 0.192 e. The molecule has 0 saturated carbocycles. The molecule has 0 atom stereocenters. The second-order valence-electron chi connectivity index (χ2n) is 3.82. The molecule has 90 valence electrons. The van der Waals surface area contributed by atoms with Crippen LogP contribution in [0.5, 0.6) is 0 Å². The van der Waals surface area contributed by atoms with E-state index in [1.54, 1.807) is 6.08 Å². The van der Waals surface area contributed by atoms with Gasteiger partial charge in [-0.2, -0.15) is 0 Å². The minimum atomic E-state index is 0.0788. The average Bonchev–Trinajstić information content (AvgIpc) is 2.32. The monoisotopic (exact) mass is 229 g/mol. The molecule has 1 aromatic rings. The van der Waals surface area contributed by atoms with Gasteiger partial charge in [-0.25, -0.2) is 0 Å². The van der Waals surface area contributed by atoms with Gasteiger partial charge in [0.15, 0.2) is 5.43 Å². The van der Waals surface area contributed by atoms with Crippen LogP contribution >= 0.6 is 0 Å². The molecule has 0 fully saturated rings. The van der Waals surface area contributed by atoms with Crippen molar-refractivity contribution in [2.24, 2.45) is 0 Å². The van der Waals surface area contributed by atoms with Crippen LogP contribution in [-0.4, -0.2) is 4.98 Å². The van der Waals surface area contributed by atoms with Crippen LogP contribution in [0, 0.1) is 6.92 Å². The number of pyridine rings is 1. The molecule has 1 heterocycles. The summed E-state index contributed by atoms with van der Waals surface area (Å²) in [6.45, 7) is 9.44. The van der Waals surface area contributed by atoms with Crippen LogP contribution < -0.4 is 16.0 Å². The van der Waals surface area contributed by atoms with Crippen molar-refractivity contribution in [3.63, 3.8) is 0 Å². The summed E-state index contributed by atoms with van der Waals surface area (Å²) in [5.41, 5.74) is 1.70. The van der Waals surface area contributed by atoms with Crippen molar-refractivity contribution in [3.8, 4) is 0 Å². The topological polar surface area (TPSA) is 32.9 Å². The molecule has 0 aliphatic heterocycles. The van der Waals surface area contributed by atoms with Crippen LogP contribution in [0.4, 0.5) is 0 Å². The van der Waals surface area contributed by atoms with Crippen molar-refractivity contribution in [1.82, 2.24) is 4.98 Å². The van der Waals surface area contributed by atoms with E-state index in [2.05, 4.69) is 18.5 Å². The number of aromatic amines is 1. The fourth-order valence-corrected chi connectivity index (χ4v) is 1.69. The highest BCUT2D eigenvalue weighted by Gasteiger charge is 2.01. The third-order valence-corrected chi connectivity index (χ3v) is 2.64. The summed E-state index contributed by atoms with van der Waals surface area (Å²) in [6.07, 6.45) is 10.3. The first-order valence-electron chi connectivity index (χ1n) is 5.84. The molecule has 17 heavy (non-hydrogen) atoms. The molecule has 0 unspecified atom stereocenters. The SMILES string of the molecule is C=C/C=c1/[nH]c(/C=C\CC)c(C)c(=O)/c1=C/C. The lowest BCUT2D eigenvalue weighted by Gasteiger charge is -2.01. The molecule has 1 N–H and O–H groups in total. The summed E-state index contributed by atoms with van der Waals surface area (Å²) in [4.78, 5) is 15.4. The lowest BCUT2D eigenvalue weighted by atomic mass is 10.1. The number of hydrogen-bond acceptors (Lipinski definition) is 1. The standard InChI is InChI=1S/C15H19NO/c1-5-8-10-13-11(4)15(17)12(7-3)14(16-13)9-6-2/h6-10,16H,2,5H2,1,3-4H3/b10-8-,12-7+,14-9+. The maximum absolute atomic E-state index is 12.1. The van der Waals surface area contributed by atoms with E-state index < -0.39 is 0 Å². The van der Waals surface area contributed by atoms with E-state index >= 15 is 0 Å². The number of allylic oxidation sites excluding steroid dienone is 2. The Bertz CT molecular complexity index is 603. The van der Waals surface area contributed by atoms with Gasteiger partial charge in [-0.05, 0) is 32.4 Å². The maximum atomic E-state index is 12.1. The van der Waals surface area contributed by atoms with Gasteiger partial charge in [-0.15, -0.1) is 0 Å². The van der Waals surface area contributed by atoms with Crippen molar-refractivity contribution >= 4 is 18.2 Å². The molecule has 2 heteroatoms. The molecule has 1 rings (SSSR count). The van der Waals surface area contributed by atoms with Gasteiger partial charge >= 0.3 is 0 Å². The van der Waals surface area contributed by atoms with Crippen LogP contribution in [0.2, 0.25) is 0 Å². The highest BCUT2D eigenvalue weighted by molar-refractivity contribution is 5.50. The molecule has 0 aliphatic rings. The molecular weight excluding hydrogens is 210 g/mol. The molecule has 0 bridgehead atoms. The number of aromatic nitrogens is 1. The van der Waals surface area contributed by atoms with Crippen molar-refractivity contribution in [1.29, 1.82) is 0 Å². The van der Waals surface area contributed by atoms with Crippen LogP contribution in [0.25, 0.3) is 18.2 Å². The van der Waals surface area contributed by atoms with Crippen LogP contribution in [0.3, 0.4) is 0 Å². The summed E-state index contributed by atoms with van der Waals surface area (Å²) in [7, 11) is 0. The molecule has 0 aliphatic carbocycles. The van der Waals surface area contributed by atoms with Crippen molar-refractivity contribution < 1.29 is 0 Å². The molecule has 0 radical (unpaired) electrons. The van der Waals surface area contributed by atoms with Gasteiger partial charge in [0.05, 0.1) is 0 Å². The Labute approximate surface area is 102 Å². The third-order valence-electron chi connectivity index (χ3n) is 2.64. The fraction of sp³-hybridized carbons (Fsp3) is 0.267. The van der Waals surface area contributed by atoms with E-state index in [0.717, 1.165) is 23.0 Å². The van der Waals surface area contributed by atoms with E-state index in [0.29, 0.717) is 5.22 Å². The molecule has 0 aromatic carbocycles. The quantitative estimate of drug-likeness (QED) is 0.843. The van der Waals surface area contributed by atoms with Crippen molar-refractivity contribution in [2.75, 3.05) is 0 Å². The molecule has 0 amide bonds. The van der Waals surface area contributed by atoms with E-state index in [1.807, 2.05) is 38.2 Å². The van der Waals surface area contributed by atoms with E-state index in [9.17, 15) is 4.79 Å². The first kappa shape index (κ1) is 13.2. The van der Waals surface area contributed by atoms with Gasteiger partial charge in [-0.1, -0.05) is 31.7 Å². The van der Waals surface area contributed by atoms with Crippen LogP contribution in [0.1, 0.15) is 31.5 Å². The first-order chi connectivity index (χ1) is 8.15. The Morgan fingerprint density at radius 1 is 1.41 bits per heavy atom. The number of nitrogens with one attached hydrogen (secondary N) is 1. The van der Waals surface area contributed by atoms with Gasteiger partial charge in [0.2, 0.25) is 0 Å². The summed E-state index contributed by atoms with van der Waals surface area (Å²) < 4.78 is 0. The van der Waals surface area contributed by atoms with E-state index in [-0.39, 0.29) is 5.43 Å². The lowest BCUT2D eigenvalue weighted by Crippen LogP contribution is -2.42. The Kier molecular flexibility index (Phi) is 4.70. The Morgan fingerprint density at radius 3 is 2.65 bits per heavy atom. The minimum absolute atomic E-state index is 0.0788. The average molecular weight is 229 g/mol. The number of hydrogen-bond donors (Lipinski definition) is 1. The van der Waals surface area contributed by atoms with Gasteiger partial charge in [-0.3, -0.25) is 4.79 Å². The number of H-pyrrole nitrogens is 1. The summed E-state index contributed by atoms with van der Waals surface area (Å²) in [5.74, 6) is 0. The zero-order valence-electron chi connectivity index (χ0n) is 10.7. The lowest BCUT2D eigenvalue weighted by molar-refractivity contribution is 1.12. The third kappa shape index (κ3) is 2.84. The number of rotatable bonds is 3. The normalized spacial score (nSPS) is 13.6. The zero-order valence-corrected chi connectivity index (χ0v) is 10.7. The van der Waals surface area contributed by atoms with Gasteiger partial charge in [0, 0.05) is 21.8 Å². The predicted molar refractivity (Wildman–Crippen MR) is 75.2 cm³/mol. The van der Waals surface area contributed by atoms with Crippen molar-refractivity contribution in [3.05, 3.63) is 50.8 Å². The van der Waals surface area contributed by atoms with Crippen molar-refractivity contribution in [2.45, 2.75) is 27.2 Å². The second kappa shape index (κ2) is 6.04. The van der Waals surface area contributed by atoms with Gasteiger partial charge < -0.3 is 4.98 Å². The van der Waals surface area contributed by atoms with Crippen LogP contribution in [0.15, 0.2) is 23.5 Å². The second-order valence-corrected chi connectivity index (χ2v) is 3.82. The first-order valence-corrected chi connectivity index (χ1v) is 5.84. The van der Waals surface area contributed by atoms with E-state index in [4.69, 9.17) is 0 Å². The van der Waals surface area contributed by atoms with Crippen LogP contribution in [-0.2, 0) is 0 Å². The van der Waals surface area contributed by atoms with Gasteiger partial charge in [0.25, 0.3) is 0 Å². The molecule has 1 aromatic heterocycles. The smallest absolute Gasteiger partial charge is 0.192 e. The molecule has 0 spiro atoms. The highest BCUT2D eigenvalue weighted by Crippen LogP contribution is 1.98. The largest absolute Gasteiger partial charge is 0.355 e. The zero-order chi connectivity index (χ0) is 12.8. The van der Waals surface area contributed by atoms with Gasteiger partial charge in [0.1, 0.15) is 0 Å². The Balaban J connectivity index is 3.71. The Hall–Kier alpha value is -1.83. The molecular formula is C15H19NO. The summed E-state index contributed by atoms with van der Waals surface area (Å²) in [6, 6.07) is 0. The van der Waals surface area contributed by atoms with E-state index in [1.165, 1.54) is 0 Å². The summed E-state index contributed by atoms with van der Waals surface area (Å²) in [5, 5.41) is 1.52. The highest BCUT2D eigenvalue weighted by atomic mass is 16.1. The fourth-order valence-electron chi connectivity index (χ4n) is 1.69. The Morgan fingerprint density at radius 2 is 2.12 bits per heavy atom. The molecule has 0 saturated heterocycles. The molecule has 2 nitrogen and oxygen atoms in total. The summed E-state index contributed by atoms with van der Waals surface area (Å²) >= 11 is 0. The minimum Gasteiger partial charge on any atom is -0.355 e.